The second-order valence-corrected chi connectivity index (χ2v) is 7.90. The van der Waals surface area contributed by atoms with Gasteiger partial charge in [-0.1, -0.05) is 46.1 Å². The Hall–Kier alpha value is -1.88. The number of carbonyl (C=O) groups is 2. The lowest BCUT2D eigenvalue weighted by Crippen LogP contribution is -2.52. The van der Waals surface area contributed by atoms with Crippen molar-refractivity contribution < 1.29 is 9.59 Å². The molecule has 0 bridgehead atoms. The fourth-order valence-corrected chi connectivity index (χ4v) is 2.81. The van der Waals surface area contributed by atoms with Crippen LogP contribution in [0.15, 0.2) is 18.2 Å². The van der Waals surface area contributed by atoms with Crippen LogP contribution in [0.25, 0.3) is 0 Å². The van der Waals surface area contributed by atoms with Crippen molar-refractivity contribution in [1.29, 1.82) is 0 Å². The molecule has 5 heteroatoms. The summed E-state index contributed by atoms with van der Waals surface area (Å²) in [6.45, 7) is 7.52. The smallest absolute Gasteiger partial charge is 0.244 e. The summed E-state index contributed by atoms with van der Waals surface area (Å²) < 4.78 is 0. The summed E-state index contributed by atoms with van der Waals surface area (Å²) in [5.74, 6) is -0.198. The van der Waals surface area contributed by atoms with Gasteiger partial charge < -0.3 is 16.4 Å². The molecular formula is C19H29N3O2. The molecule has 4 N–H and O–H groups in total. The second-order valence-electron chi connectivity index (χ2n) is 7.90. The molecule has 2 rings (SSSR count). The minimum Gasteiger partial charge on any atom is -0.325 e. The van der Waals surface area contributed by atoms with Crippen molar-refractivity contribution in [2.24, 2.45) is 11.1 Å². The molecule has 1 aliphatic rings. The molecule has 5 nitrogen and oxygen atoms in total. The molecule has 0 atom stereocenters. The first-order chi connectivity index (χ1) is 11.1. The Kier molecular flexibility index (Phi) is 5.33. The maximum absolute atomic E-state index is 12.5. The van der Waals surface area contributed by atoms with Gasteiger partial charge in [-0.05, 0) is 37.5 Å². The maximum Gasteiger partial charge on any atom is 0.244 e. The molecule has 1 saturated carbocycles. The van der Waals surface area contributed by atoms with Crippen molar-refractivity contribution in [3.63, 3.8) is 0 Å². The van der Waals surface area contributed by atoms with Gasteiger partial charge in [0.25, 0.3) is 0 Å². The first-order valence-corrected chi connectivity index (χ1v) is 8.64. The number of nitrogens with two attached hydrogens (primary N) is 1. The third-order valence-corrected chi connectivity index (χ3v) is 4.62. The van der Waals surface area contributed by atoms with Crippen molar-refractivity contribution in [3.05, 3.63) is 23.8 Å². The molecule has 1 aromatic rings. The predicted molar refractivity (Wildman–Crippen MR) is 97.9 cm³/mol. The normalized spacial score (nSPS) is 17.2. The van der Waals surface area contributed by atoms with Gasteiger partial charge in [0.1, 0.15) is 0 Å². The molecule has 132 valence electrons. The SMILES string of the molecule is Cc1ccc(NC(=O)C2(N)CCCCC2)cc1NC(=O)C(C)(C)C. The fourth-order valence-electron chi connectivity index (χ4n) is 2.81. The van der Waals surface area contributed by atoms with Gasteiger partial charge in [0, 0.05) is 16.8 Å². The first kappa shape index (κ1) is 18.5. The number of hydrogen-bond donors (Lipinski definition) is 3. The number of anilines is 2. The van der Waals surface area contributed by atoms with Gasteiger partial charge in [-0.15, -0.1) is 0 Å². The van der Waals surface area contributed by atoms with Crippen molar-refractivity contribution in [3.8, 4) is 0 Å². The summed E-state index contributed by atoms with van der Waals surface area (Å²) in [4.78, 5) is 24.7. The Balaban J connectivity index is 2.13. The van der Waals surface area contributed by atoms with Gasteiger partial charge >= 0.3 is 0 Å². The van der Waals surface area contributed by atoms with E-state index >= 15 is 0 Å². The van der Waals surface area contributed by atoms with Gasteiger partial charge in [-0.2, -0.15) is 0 Å². The van der Waals surface area contributed by atoms with Gasteiger partial charge in [-0.3, -0.25) is 9.59 Å². The zero-order chi connectivity index (χ0) is 18.0. The number of hydrogen-bond acceptors (Lipinski definition) is 3. The predicted octanol–water partition coefficient (Wildman–Crippen LogP) is 3.58. The molecule has 0 spiro atoms. The molecule has 1 aromatic carbocycles. The van der Waals surface area contributed by atoms with E-state index in [2.05, 4.69) is 10.6 Å². The standard InChI is InChI=1S/C19H29N3O2/c1-13-8-9-14(12-15(13)22-16(23)18(2,3)4)21-17(24)19(20)10-6-5-7-11-19/h8-9,12H,5-7,10-11,20H2,1-4H3,(H,21,24)(H,22,23). The summed E-state index contributed by atoms with van der Waals surface area (Å²) in [7, 11) is 0. The lowest BCUT2D eigenvalue weighted by molar-refractivity contribution is -0.123. The number of carbonyl (C=O) groups excluding carboxylic acids is 2. The van der Waals surface area contributed by atoms with E-state index in [0.717, 1.165) is 37.7 Å². The van der Waals surface area contributed by atoms with Crippen LogP contribution in [-0.2, 0) is 9.59 Å². The van der Waals surface area contributed by atoms with Crippen LogP contribution in [-0.4, -0.2) is 17.4 Å². The summed E-state index contributed by atoms with van der Waals surface area (Å²) in [6.07, 6.45) is 4.56. The van der Waals surface area contributed by atoms with Crippen molar-refractivity contribution in [1.82, 2.24) is 0 Å². The number of benzene rings is 1. The highest BCUT2D eigenvalue weighted by Gasteiger charge is 2.35. The van der Waals surface area contributed by atoms with Crippen molar-refractivity contribution in [2.75, 3.05) is 10.6 Å². The van der Waals surface area contributed by atoms with E-state index in [1.165, 1.54) is 0 Å². The number of amides is 2. The molecule has 2 amide bonds. The third kappa shape index (κ3) is 4.35. The van der Waals surface area contributed by atoms with E-state index in [1.807, 2.05) is 39.8 Å². The van der Waals surface area contributed by atoms with E-state index in [1.54, 1.807) is 6.07 Å². The molecule has 0 aromatic heterocycles. The highest BCUT2D eigenvalue weighted by Crippen LogP contribution is 2.28. The van der Waals surface area contributed by atoms with E-state index in [4.69, 9.17) is 5.73 Å². The summed E-state index contributed by atoms with van der Waals surface area (Å²) >= 11 is 0. The maximum atomic E-state index is 12.5. The van der Waals surface area contributed by atoms with Crippen LogP contribution in [0.2, 0.25) is 0 Å². The summed E-state index contributed by atoms with van der Waals surface area (Å²) in [6, 6.07) is 5.52. The molecule has 0 radical (unpaired) electrons. The minimum absolute atomic E-state index is 0.0587. The fraction of sp³-hybridized carbons (Fsp3) is 0.579. The highest BCUT2D eigenvalue weighted by molar-refractivity contribution is 6.00. The lowest BCUT2D eigenvalue weighted by atomic mass is 9.82. The highest BCUT2D eigenvalue weighted by atomic mass is 16.2. The molecule has 1 fully saturated rings. The van der Waals surface area contributed by atoms with Crippen LogP contribution in [0, 0.1) is 12.3 Å². The Bertz CT molecular complexity index is 626. The zero-order valence-corrected chi connectivity index (χ0v) is 15.2. The van der Waals surface area contributed by atoms with Crippen LogP contribution in [0.4, 0.5) is 11.4 Å². The summed E-state index contributed by atoms with van der Waals surface area (Å²) in [5.41, 5.74) is 7.34. The number of aryl methyl sites for hydroxylation is 1. The average molecular weight is 331 g/mol. The van der Waals surface area contributed by atoms with E-state index in [9.17, 15) is 9.59 Å². The summed E-state index contributed by atoms with van der Waals surface area (Å²) in [5, 5.41) is 5.85. The van der Waals surface area contributed by atoms with Crippen molar-refractivity contribution in [2.45, 2.75) is 65.3 Å². The minimum atomic E-state index is -0.780. The first-order valence-electron chi connectivity index (χ1n) is 8.64. The van der Waals surface area contributed by atoms with E-state index < -0.39 is 11.0 Å². The molecule has 24 heavy (non-hydrogen) atoms. The Morgan fingerprint density at radius 3 is 2.29 bits per heavy atom. The molecule has 0 heterocycles. The van der Waals surface area contributed by atoms with Crippen LogP contribution in [0.3, 0.4) is 0 Å². The van der Waals surface area contributed by atoms with Crippen LogP contribution < -0.4 is 16.4 Å². The van der Waals surface area contributed by atoms with Gasteiger partial charge in [0.05, 0.1) is 5.54 Å². The third-order valence-electron chi connectivity index (χ3n) is 4.62. The Morgan fingerprint density at radius 2 is 1.71 bits per heavy atom. The monoisotopic (exact) mass is 331 g/mol. The zero-order valence-electron chi connectivity index (χ0n) is 15.2. The average Bonchev–Trinajstić information content (AvgIpc) is 2.50. The molecule has 0 saturated heterocycles. The van der Waals surface area contributed by atoms with E-state index in [-0.39, 0.29) is 11.8 Å². The van der Waals surface area contributed by atoms with Gasteiger partial charge in [0.2, 0.25) is 11.8 Å². The quantitative estimate of drug-likeness (QED) is 0.791. The topological polar surface area (TPSA) is 84.2 Å². The largest absolute Gasteiger partial charge is 0.325 e. The Labute approximate surface area is 144 Å². The van der Waals surface area contributed by atoms with Gasteiger partial charge in [0.15, 0.2) is 0 Å². The van der Waals surface area contributed by atoms with Crippen LogP contribution in [0.5, 0.6) is 0 Å². The molecular weight excluding hydrogens is 302 g/mol. The molecule has 1 aliphatic carbocycles. The van der Waals surface area contributed by atoms with Crippen LogP contribution >= 0.6 is 0 Å². The van der Waals surface area contributed by atoms with Gasteiger partial charge in [-0.25, -0.2) is 0 Å². The molecule has 0 unspecified atom stereocenters. The second kappa shape index (κ2) is 6.93. The van der Waals surface area contributed by atoms with E-state index in [0.29, 0.717) is 11.4 Å². The Morgan fingerprint density at radius 1 is 1.08 bits per heavy atom. The van der Waals surface area contributed by atoms with Crippen LogP contribution in [0.1, 0.15) is 58.4 Å². The molecule has 0 aliphatic heterocycles. The number of nitrogens with one attached hydrogen (secondary N) is 2. The lowest BCUT2D eigenvalue weighted by Gasteiger charge is -2.31. The van der Waals surface area contributed by atoms with Crippen molar-refractivity contribution >= 4 is 23.2 Å². The number of rotatable bonds is 3.